The summed E-state index contributed by atoms with van der Waals surface area (Å²) in [5, 5.41) is 9.97. The second-order valence-electron chi connectivity index (χ2n) is 3.38. The van der Waals surface area contributed by atoms with Gasteiger partial charge in [0.2, 0.25) is 0 Å². The SMILES string of the molecule is Nc1ccc2cc(O)cc(S(=O)(=O)[O-])c2c1. The highest BCUT2D eigenvalue weighted by molar-refractivity contribution is 7.86. The molecule has 6 heteroatoms. The van der Waals surface area contributed by atoms with Gasteiger partial charge in [0.15, 0.2) is 0 Å². The zero-order valence-electron chi connectivity index (χ0n) is 8.04. The number of benzene rings is 2. The molecule has 0 bridgehead atoms. The highest BCUT2D eigenvalue weighted by Crippen LogP contribution is 2.29. The Balaban J connectivity index is 2.96. The van der Waals surface area contributed by atoms with Gasteiger partial charge in [-0.25, -0.2) is 8.42 Å². The predicted molar refractivity (Wildman–Crippen MR) is 58.0 cm³/mol. The van der Waals surface area contributed by atoms with Crippen molar-refractivity contribution in [2.24, 2.45) is 0 Å². The first-order valence-electron chi connectivity index (χ1n) is 4.36. The number of rotatable bonds is 1. The Hall–Kier alpha value is -1.79. The number of phenolic OH excluding ortho intramolecular Hbond substituents is 1. The number of fused-ring (bicyclic) bond motifs is 1. The molecule has 0 aliphatic heterocycles. The molecule has 0 amide bonds. The molecule has 0 aliphatic carbocycles. The second kappa shape index (κ2) is 3.36. The summed E-state index contributed by atoms with van der Waals surface area (Å²) in [5.41, 5.74) is 5.86. The number of nitrogen functional groups attached to an aromatic ring is 1. The van der Waals surface area contributed by atoms with E-state index in [0.717, 1.165) is 6.07 Å². The van der Waals surface area contributed by atoms with Crippen molar-refractivity contribution in [3.05, 3.63) is 30.3 Å². The van der Waals surface area contributed by atoms with Crippen LogP contribution in [0.4, 0.5) is 5.69 Å². The summed E-state index contributed by atoms with van der Waals surface area (Å²) in [4.78, 5) is -0.463. The van der Waals surface area contributed by atoms with Crippen molar-refractivity contribution < 1.29 is 18.1 Å². The number of nitrogens with two attached hydrogens (primary N) is 1. The Kier molecular flexibility index (Phi) is 2.25. The van der Waals surface area contributed by atoms with Crippen LogP contribution in [-0.4, -0.2) is 18.1 Å². The molecule has 0 saturated heterocycles. The lowest BCUT2D eigenvalue weighted by Crippen LogP contribution is -2.00. The van der Waals surface area contributed by atoms with Gasteiger partial charge in [0.25, 0.3) is 0 Å². The highest BCUT2D eigenvalue weighted by Gasteiger charge is 2.09. The molecule has 0 atom stereocenters. The molecule has 3 N–H and O–H groups in total. The van der Waals surface area contributed by atoms with E-state index in [2.05, 4.69) is 0 Å². The van der Waals surface area contributed by atoms with Gasteiger partial charge >= 0.3 is 0 Å². The molecular formula is C10H8NO4S-. The lowest BCUT2D eigenvalue weighted by Gasteiger charge is -2.11. The van der Waals surface area contributed by atoms with Crippen molar-refractivity contribution in [2.45, 2.75) is 4.90 Å². The zero-order chi connectivity index (χ0) is 11.9. The molecule has 2 rings (SSSR count). The van der Waals surface area contributed by atoms with Crippen LogP contribution in [-0.2, 0) is 10.1 Å². The Morgan fingerprint density at radius 2 is 1.88 bits per heavy atom. The standard InChI is InChI=1S/C10H9NO4S/c11-7-2-1-6-3-8(12)5-10(9(6)4-7)16(13,14)15/h1-5,12H,11H2,(H,13,14,15)/p-1. The van der Waals surface area contributed by atoms with E-state index in [0.29, 0.717) is 11.1 Å². The summed E-state index contributed by atoms with van der Waals surface area (Å²) >= 11 is 0. The van der Waals surface area contributed by atoms with E-state index in [4.69, 9.17) is 5.73 Å². The average molecular weight is 238 g/mol. The summed E-state index contributed by atoms with van der Waals surface area (Å²) in [6, 6.07) is 6.77. The number of phenols is 1. The lowest BCUT2D eigenvalue weighted by molar-refractivity contribution is 0.457. The van der Waals surface area contributed by atoms with E-state index in [1.165, 1.54) is 12.1 Å². The Labute approximate surface area is 91.9 Å². The summed E-state index contributed by atoms with van der Waals surface area (Å²) in [6.45, 7) is 0. The summed E-state index contributed by atoms with van der Waals surface area (Å²) < 4.78 is 33.0. The molecule has 0 aliphatic rings. The summed E-state index contributed by atoms with van der Waals surface area (Å²) in [5.74, 6) is -0.272. The number of anilines is 1. The van der Waals surface area contributed by atoms with Gasteiger partial charge in [-0.3, -0.25) is 0 Å². The maximum Gasteiger partial charge on any atom is 0.125 e. The van der Waals surface area contributed by atoms with Crippen molar-refractivity contribution >= 4 is 26.6 Å². The molecule has 16 heavy (non-hydrogen) atoms. The Morgan fingerprint density at radius 1 is 1.19 bits per heavy atom. The van der Waals surface area contributed by atoms with E-state index < -0.39 is 15.0 Å². The molecule has 0 saturated carbocycles. The number of aromatic hydroxyl groups is 1. The predicted octanol–water partition coefficient (Wildman–Crippen LogP) is 1.03. The van der Waals surface area contributed by atoms with Crippen LogP contribution in [0.25, 0.3) is 10.8 Å². The quantitative estimate of drug-likeness (QED) is 0.570. The maximum absolute atomic E-state index is 11.0. The third-order valence-electron chi connectivity index (χ3n) is 2.19. The van der Waals surface area contributed by atoms with Gasteiger partial charge < -0.3 is 15.4 Å². The van der Waals surface area contributed by atoms with Gasteiger partial charge in [-0.15, -0.1) is 0 Å². The normalized spacial score (nSPS) is 11.8. The average Bonchev–Trinajstić information content (AvgIpc) is 2.16. The van der Waals surface area contributed by atoms with Crippen LogP contribution in [0.3, 0.4) is 0 Å². The van der Waals surface area contributed by atoms with Gasteiger partial charge in [-0.05, 0) is 29.7 Å². The molecule has 84 valence electrons. The van der Waals surface area contributed by atoms with E-state index >= 15 is 0 Å². The number of hydrogen-bond acceptors (Lipinski definition) is 5. The smallest absolute Gasteiger partial charge is 0.125 e. The first kappa shape index (κ1) is 10.7. The summed E-state index contributed by atoms with van der Waals surface area (Å²) in [6.07, 6.45) is 0. The van der Waals surface area contributed by atoms with Crippen LogP contribution >= 0.6 is 0 Å². The molecule has 2 aromatic rings. The minimum Gasteiger partial charge on any atom is -0.744 e. The molecule has 0 radical (unpaired) electrons. The third kappa shape index (κ3) is 1.80. The minimum atomic E-state index is -4.63. The van der Waals surface area contributed by atoms with Crippen molar-refractivity contribution in [1.29, 1.82) is 0 Å². The minimum absolute atomic E-state index is 0.216. The zero-order valence-corrected chi connectivity index (χ0v) is 8.86. The van der Waals surface area contributed by atoms with Crippen LogP contribution in [0.5, 0.6) is 5.75 Å². The Morgan fingerprint density at radius 3 is 2.50 bits per heavy atom. The highest BCUT2D eigenvalue weighted by atomic mass is 32.2. The van der Waals surface area contributed by atoms with Gasteiger partial charge in [-0.2, -0.15) is 0 Å². The van der Waals surface area contributed by atoms with Crippen molar-refractivity contribution in [3.8, 4) is 5.75 Å². The van der Waals surface area contributed by atoms with E-state index in [9.17, 15) is 18.1 Å². The van der Waals surface area contributed by atoms with Crippen LogP contribution < -0.4 is 5.73 Å². The molecule has 0 fully saturated rings. The fourth-order valence-corrected chi connectivity index (χ4v) is 2.24. The monoisotopic (exact) mass is 238 g/mol. The van der Waals surface area contributed by atoms with E-state index in [-0.39, 0.29) is 11.1 Å². The molecule has 5 nitrogen and oxygen atoms in total. The lowest BCUT2D eigenvalue weighted by atomic mass is 10.1. The molecule has 0 heterocycles. The van der Waals surface area contributed by atoms with Crippen LogP contribution in [0.1, 0.15) is 0 Å². The molecule has 0 spiro atoms. The first-order valence-corrected chi connectivity index (χ1v) is 5.77. The van der Waals surface area contributed by atoms with E-state index in [1.807, 2.05) is 0 Å². The van der Waals surface area contributed by atoms with Gasteiger partial charge in [0.1, 0.15) is 15.9 Å². The van der Waals surface area contributed by atoms with Crippen molar-refractivity contribution in [2.75, 3.05) is 5.73 Å². The topological polar surface area (TPSA) is 103 Å². The molecule has 2 aromatic carbocycles. The molecule has 0 aromatic heterocycles. The van der Waals surface area contributed by atoms with Crippen LogP contribution in [0.15, 0.2) is 35.2 Å². The van der Waals surface area contributed by atoms with Gasteiger partial charge in [-0.1, -0.05) is 6.07 Å². The third-order valence-corrected chi connectivity index (χ3v) is 3.07. The summed E-state index contributed by atoms with van der Waals surface area (Å²) in [7, 11) is -4.63. The van der Waals surface area contributed by atoms with Crippen molar-refractivity contribution in [3.63, 3.8) is 0 Å². The van der Waals surface area contributed by atoms with Crippen LogP contribution in [0.2, 0.25) is 0 Å². The Bertz CT molecular complexity index is 664. The second-order valence-corrected chi connectivity index (χ2v) is 4.73. The molecular weight excluding hydrogens is 230 g/mol. The molecule has 0 unspecified atom stereocenters. The fourth-order valence-electron chi connectivity index (χ4n) is 1.53. The number of hydrogen-bond donors (Lipinski definition) is 2. The largest absolute Gasteiger partial charge is 0.744 e. The first-order chi connectivity index (χ1) is 7.38. The van der Waals surface area contributed by atoms with E-state index in [1.54, 1.807) is 12.1 Å². The van der Waals surface area contributed by atoms with Gasteiger partial charge in [0.05, 0.1) is 4.90 Å². The maximum atomic E-state index is 11.0. The van der Waals surface area contributed by atoms with Gasteiger partial charge in [0, 0.05) is 11.1 Å². The van der Waals surface area contributed by atoms with Crippen LogP contribution in [0, 0.1) is 0 Å². The fraction of sp³-hybridized carbons (Fsp3) is 0. The van der Waals surface area contributed by atoms with Crippen molar-refractivity contribution in [1.82, 2.24) is 0 Å².